The van der Waals surface area contributed by atoms with Crippen LogP contribution in [0.2, 0.25) is 0 Å². The van der Waals surface area contributed by atoms with Gasteiger partial charge in [-0.05, 0) is 20.8 Å². The Morgan fingerprint density at radius 3 is 2.11 bits per heavy atom. The molecule has 0 aliphatic carbocycles. The summed E-state index contributed by atoms with van der Waals surface area (Å²) in [7, 11) is 0. The van der Waals surface area contributed by atoms with Crippen molar-refractivity contribution in [3.63, 3.8) is 0 Å². The van der Waals surface area contributed by atoms with Crippen LogP contribution in [0.4, 0.5) is 5.95 Å². The van der Waals surface area contributed by atoms with Gasteiger partial charge in [0.1, 0.15) is 0 Å². The van der Waals surface area contributed by atoms with Gasteiger partial charge < -0.3 is 10.6 Å². The quantitative estimate of drug-likeness (QED) is 0.842. The first-order chi connectivity index (χ1) is 8.50. The average molecular weight is 249 g/mol. The lowest BCUT2D eigenvalue weighted by molar-refractivity contribution is 0.128. The monoisotopic (exact) mass is 249 g/mol. The second-order valence-corrected chi connectivity index (χ2v) is 5.74. The molecular formula is C13H23N5. The third-order valence-corrected chi connectivity index (χ3v) is 3.44. The highest BCUT2D eigenvalue weighted by Crippen LogP contribution is 2.18. The van der Waals surface area contributed by atoms with Gasteiger partial charge in [0, 0.05) is 56.2 Å². The molecule has 1 aliphatic heterocycles. The van der Waals surface area contributed by atoms with Gasteiger partial charge in [-0.1, -0.05) is 0 Å². The standard InChI is InChI=1S/C13H23N5/c1-13(2,3)18-6-4-17(5-7-18)12-15-9-11(8-14)10-16-12/h9-10H,4-8,14H2,1-3H3. The summed E-state index contributed by atoms with van der Waals surface area (Å²) in [6.45, 7) is 11.4. The summed E-state index contributed by atoms with van der Waals surface area (Å²) in [5.41, 5.74) is 6.77. The molecule has 0 radical (unpaired) electrons. The molecule has 0 atom stereocenters. The normalized spacial score (nSPS) is 18.1. The number of hydrogen-bond acceptors (Lipinski definition) is 5. The van der Waals surface area contributed by atoms with Crippen molar-refractivity contribution in [3.05, 3.63) is 18.0 Å². The lowest BCUT2D eigenvalue weighted by atomic mass is 10.1. The van der Waals surface area contributed by atoms with Crippen LogP contribution in [0.3, 0.4) is 0 Å². The molecule has 1 aromatic rings. The highest BCUT2D eigenvalue weighted by Gasteiger charge is 2.26. The highest BCUT2D eigenvalue weighted by molar-refractivity contribution is 5.30. The van der Waals surface area contributed by atoms with Gasteiger partial charge in [-0.2, -0.15) is 0 Å². The number of piperazine rings is 1. The first-order valence-electron chi connectivity index (χ1n) is 6.51. The van der Waals surface area contributed by atoms with Crippen molar-refractivity contribution in [1.29, 1.82) is 0 Å². The molecule has 18 heavy (non-hydrogen) atoms. The fourth-order valence-electron chi connectivity index (χ4n) is 2.19. The van der Waals surface area contributed by atoms with E-state index in [1.54, 1.807) is 0 Å². The van der Waals surface area contributed by atoms with Crippen LogP contribution in [0, 0.1) is 0 Å². The molecule has 1 saturated heterocycles. The van der Waals surface area contributed by atoms with Crippen molar-refractivity contribution >= 4 is 5.95 Å². The van der Waals surface area contributed by atoms with Crippen LogP contribution in [0.5, 0.6) is 0 Å². The van der Waals surface area contributed by atoms with Crippen LogP contribution in [0.1, 0.15) is 26.3 Å². The van der Waals surface area contributed by atoms with E-state index in [4.69, 9.17) is 5.73 Å². The van der Waals surface area contributed by atoms with Crippen LogP contribution in [0.25, 0.3) is 0 Å². The van der Waals surface area contributed by atoms with E-state index in [0.717, 1.165) is 37.7 Å². The third-order valence-electron chi connectivity index (χ3n) is 3.44. The Kier molecular flexibility index (Phi) is 3.82. The maximum absolute atomic E-state index is 5.54. The first kappa shape index (κ1) is 13.2. The zero-order chi connectivity index (χ0) is 13.2. The summed E-state index contributed by atoms with van der Waals surface area (Å²) in [5.74, 6) is 0.820. The Morgan fingerprint density at radius 1 is 1.11 bits per heavy atom. The molecule has 2 rings (SSSR count). The Morgan fingerprint density at radius 2 is 1.67 bits per heavy atom. The fourth-order valence-corrected chi connectivity index (χ4v) is 2.19. The lowest BCUT2D eigenvalue weighted by Crippen LogP contribution is -2.53. The lowest BCUT2D eigenvalue weighted by Gasteiger charge is -2.42. The number of nitrogens with zero attached hydrogens (tertiary/aromatic N) is 4. The summed E-state index contributed by atoms with van der Waals surface area (Å²) >= 11 is 0. The molecular weight excluding hydrogens is 226 g/mol. The van der Waals surface area contributed by atoms with E-state index < -0.39 is 0 Å². The van der Waals surface area contributed by atoms with Crippen molar-refractivity contribution in [1.82, 2.24) is 14.9 Å². The van der Waals surface area contributed by atoms with Crippen LogP contribution < -0.4 is 10.6 Å². The van der Waals surface area contributed by atoms with Crippen LogP contribution in [-0.2, 0) is 6.54 Å². The van der Waals surface area contributed by atoms with Gasteiger partial charge in [-0.25, -0.2) is 9.97 Å². The summed E-state index contributed by atoms with van der Waals surface area (Å²) in [6.07, 6.45) is 3.64. The van der Waals surface area contributed by atoms with E-state index in [1.165, 1.54) is 0 Å². The van der Waals surface area contributed by atoms with Gasteiger partial charge in [0.15, 0.2) is 0 Å². The maximum Gasteiger partial charge on any atom is 0.225 e. The van der Waals surface area contributed by atoms with Gasteiger partial charge in [0.05, 0.1) is 0 Å². The van der Waals surface area contributed by atoms with Gasteiger partial charge in [-0.3, -0.25) is 4.90 Å². The van der Waals surface area contributed by atoms with Crippen molar-refractivity contribution in [2.75, 3.05) is 31.1 Å². The van der Waals surface area contributed by atoms with Crippen molar-refractivity contribution in [3.8, 4) is 0 Å². The predicted molar refractivity (Wildman–Crippen MR) is 73.5 cm³/mol. The number of anilines is 1. The SMILES string of the molecule is CC(C)(C)N1CCN(c2ncc(CN)cn2)CC1. The van der Waals surface area contributed by atoms with E-state index in [1.807, 2.05) is 12.4 Å². The number of aromatic nitrogens is 2. The highest BCUT2D eigenvalue weighted by atomic mass is 15.3. The van der Waals surface area contributed by atoms with Gasteiger partial charge in [0.2, 0.25) is 5.95 Å². The van der Waals surface area contributed by atoms with Gasteiger partial charge in [0.25, 0.3) is 0 Å². The molecule has 5 nitrogen and oxygen atoms in total. The average Bonchev–Trinajstić information content (AvgIpc) is 2.38. The second kappa shape index (κ2) is 5.20. The van der Waals surface area contributed by atoms with Crippen LogP contribution in [-0.4, -0.2) is 46.6 Å². The fraction of sp³-hybridized carbons (Fsp3) is 0.692. The molecule has 2 N–H and O–H groups in total. The molecule has 100 valence electrons. The molecule has 0 unspecified atom stereocenters. The third kappa shape index (κ3) is 2.97. The van der Waals surface area contributed by atoms with E-state index >= 15 is 0 Å². The summed E-state index contributed by atoms with van der Waals surface area (Å²) in [5, 5.41) is 0. The topological polar surface area (TPSA) is 58.3 Å². The molecule has 1 aromatic heterocycles. The largest absolute Gasteiger partial charge is 0.338 e. The maximum atomic E-state index is 5.54. The minimum Gasteiger partial charge on any atom is -0.338 e. The van der Waals surface area contributed by atoms with Crippen LogP contribution >= 0.6 is 0 Å². The minimum absolute atomic E-state index is 0.246. The van der Waals surface area contributed by atoms with E-state index in [-0.39, 0.29) is 5.54 Å². The number of rotatable bonds is 2. The molecule has 2 heterocycles. The van der Waals surface area contributed by atoms with Crippen molar-refractivity contribution < 1.29 is 0 Å². The van der Waals surface area contributed by atoms with E-state index in [0.29, 0.717) is 6.54 Å². The van der Waals surface area contributed by atoms with Gasteiger partial charge >= 0.3 is 0 Å². The molecule has 0 saturated carbocycles. The summed E-state index contributed by atoms with van der Waals surface area (Å²) < 4.78 is 0. The Bertz CT molecular complexity index is 373. The molecule has 0 bridgehead atoms. The van der Waals surface area contributed by atoms with Crippen molar-refractivity contribution in [2.45, 2.75) is 32.9 Å². The molecule has 0 amide bonds. The molecule has 5 heteroatoms. The van der Waals surface area contributed by atoms with Crippen LogP contribution in [0.15, 0.2) is 12.4 Å². The number of hydrogen-bond donors (Lipinski definition) is 1. The molecule has 1 fully saturated rings. The van der Waals surface area contributed by atoms with E-state index in [2.05, 4.69) is 40.5 Å². The predicted octanol–water partition coefficient (Wildman–Crippen LogP) is 0.856. The Labute approximate surface area is 109 Å². The van der Waals surface area contributed by atoms with Gasteiger partial charge in [-0.15, -0.1) is 0 Å². The molecule has 0 aromatic carbocycles. The second-order valence-electron chi connectivity index (χ2n) is 5.74. The first-order valence-corrected chi connectivity index (χ1v) is 6.51. The Balaban J connectivity index is 1.96. The van der Waals surface area contributed by atoms with E-state index in [9.17, 15) is 0 Å². The summed E-state index contributed by atoms with van der Waals surface area (Å²) in [4.78, 5) is 13.5. The zero-order valence-corrected chi connectivity index (χ0v) is 11.6. The Hall–Kier alpha value is -1.20. The number of nitrogens with two attached hydrogens (primary N) is 1. The minimum atomic E-state index is 0.246. The zero-order valence-electron chi connectivity index (χ0n) is 11.6. The smallest absolute Gasteiger partial charge is 0.225 e. The molecule has 0 spiro atoms. The molecule has 1 aliphatic rings. The van der Waals surface area contributed by atoms with Crippen molar-refractivity contribution in [2.24, 2.45) is 5.73 Å². The summed E-state index contributed by atoms with van der Waals surface area (Å²) in [6, 6.07) is 0.